The Hall–Kier alpha value is -2.38. The first-order valence-corrected chi connectivity index (χ1v) is 7.25. The molecule has 0 aliphatic carbocycles. The molecule has 0 aromatic heterocycles. The monoisotopic (exact) mass is 325 g/mol. The summed E-state index contributed by atoms with van der Waals surface area (Å²) < 4.78 is 5.00. The van der Waals surface area contributed by atoms with Crippen LogP contribution in [0.2, 0.25) is 0 Å². The number of imide groups is 1. The molecule has 0 aromatic rings. The molecule has 8 heteroatoms. The summed E-state index contributed by atoms with van der Waals surface area (Å²) in [6.07, 6.45) is 1.88. The molecule has 0 saturated carbocycles. The zero-order valence-corrected chi connectivity index (χ0v) is 14.1. The van der Waals surface area contributed by atoms with Crippen LogP contribution in [0.4, 0.5) is 4.79 Å². The van der Waals surface area contributed by atoms with E-state index in [1.165, 1.54) is 12.2 Å². The number of amides is 4. The number of ether oxygens (including phenoxy) is 1. The standard InChI is InChI=1S/C15H23N3O5/c1-14(2,3)23-13(22)17-16-12(21)15(4,5)8-9-18-10(19)6-7-11(18)20/h6-7H,8-9H2,1-5H3,(H,16,21)(H,17,22). The largest absolute Gasteiger partial charge is 0.443 e. The first kappa shape index (κ1) is 18.7. The minimum atomic E-state index is -0.891. The van der Waals surface area contributed by atoms with Gasteiger partial charge in [-0.25, -0.2) is 10.2 Å². The molecule has 0 bridgehead atoms. The van der Waals surface area contributed by atoms with Gasteiger partial charge in [-0.2, -0.15) is 0 Å². The van der Waals surface area contributed by atoms with Gasteiger partial charge in [-0.1, -0.05) is 13.8 Å². The van der Waals surface area contributed by atoms with Crippen molar-refractivity contribution in [1.29, 1.82) is 0 Å². The van der Waals surface area contributed by atoms with Gasteiger partial charge in [-0.05, 0) is 27.2 Å². The Bertz CT molecular complexity index is 528. The second kappa shape index (κ2) is 6.80. The van der Waals surface area contributed by atoms with Gasteiger partial charge in [0.05, 0.1) is 0 Å². The number of rotatable bonds is 4. The smallest absolute Gasteiger partial charge is 0.426 e. The maximum Gasteiger partial charge on any atom is 0.426 e. The molecular weight excluding hydrogens is 302 g/mol. The topological polar surface area (TPSA) is 105 Å². The normalized spacial score (nSPS) is 14.9. The molecule has 8 nitrogen and oxygen atoms in total. The van der Waals surface area contributed by atoms with Gasteiger partial charge in [0, 0.05) is 24.1 Å². The molecule has 128 valence electrons. The van der Waals surface area contributed by atoms with Crippen LogP contribution >= 0.6 is 0 Å². The van der Waals surface area contributed by atoms with Crippen molar-refractivity contribution in [3.05, 3.63) is 12.2 Å². The van der Waals surface area contributed by atoms with Gasteiger partial charge in [0.2, 0.25) is 5.91 Å². The van der Waals surface area contributed by atoms with Crippen molar-refractivity contribution in [3.8, 4) is 0 Å². The average molecular weight is 325 g/mol. The summed E-state index contributed by atoms with van der Waals surface area (Å²) in [7, 11) is 0. The molecule has 0 atom stereocenters. The van der Waals surface area contributed by atoms with E-state index in [2.05, 4.69) is 10.9 Å². The lowest BCUT2D eigenvalue weighted by atomic mass is 9.88. The van der Waals surface area contributed by atoms with Crippen molar-refractivity contribution < 1.29 is 23.9 Å². The lowest BCUT2D eigenvalue weighted by Gasteiger charge is -2.26. The van der Waals surface area contributed by atoms with Crippen LogP contribution in [0.25, 0.3) is 0 Å². The fraction of sp³-hybridized carbons (Fsp3) is 0.600. The van der Waals surface area contributed by atoms with Crippen LogP contribution in [0, 0.1) is 5.41 Å². The molecule has 1 heterocycles. The summed E-state index contributed by atoms with van der Waals surface area (Å²) in [6, 6.07) is 0. The lowest BCUT2D eigenvalue weighted by molar-refractivity contribution is -0.139. The van der Waals surface area contributed by atoms with Crippen molar-refractivity contribution in [1.82, 2.24) is 15.8 Å². The second-order valence-electron chi connectivity index (χ2n) is 6.88. The fourth-order valence-electron chi connectivity index (χ4n) is 1.74. The van der Waals surface area contributed by atoms with Crippen LogP contribution in [0.15, 0.2) is 12.2 Å². The molecule has 0 aromatic carbocycles. The third kappa shape index (κ3) is 5.72. The van der Waals surface area contributed by atoms with Crippen LogP contribution in [0.5, 0.6) is 0 Å². The number of carbonyl (C=O) groups excluding carboxylic acids is 4. The molecule has 0 saturated heterocycles. The summed E-state index contributed by atoms with van der Waals surface area (Å²) in [5.74, 6) is -1.23. The van der Waals surface area contributed by atoms with Crippen LogP contribution in [0.1, 0.15) is 41.0 Å². The highest BCUT2D eigenvalue weighted by Crippen LogP contribution is 2.21. The van der Waals surface area contributed by atoms with Crippen molar-refractivity contribution in [2.45, 2.75) is 46.6 Å². The first-order valence-electron chi connectivity index (χ1n) is 7.25. The summed E-state index contributed by atoms with van der Waals surface area (Å²) in [5.41, 5.74) is 2.88. The minimum absolute atomic E-state index is 0.123. The average Bonchev–Trinajstić information content (AvgIpc) is 2.71. The van der Waals surface area contributed by atoms with Crippen molar-refractivity contribution in [2.24, 2.45) is 5.41 Å². The van der Waals surface area contributed by atoms with E-state index in [1.54, 1.807) is 34.6 Å². The number of carbonyl (C=O) groups is 4. The Labute approximate surface area is 135 Å². The minimum Gasteiger partial charge on any atom is -0.443 e. The van der Waals surface area contributed by atoms with Gasteiger partial charge >= 0.3 is 6.09 Å². The molecule has 0 fully saturated rings. The number of nitrogens with one attached hydrogen (secondary N) is 2. The molecule has 23 heavy (non-hydrogen) atoms. The number of nitrogens with zero attached hydrogens (tertiary/aromatic N) is 1. The Morgan fingerprint density at radius 1 is 1.04 bits per heavy atom. The molecule has 4 amide bonds. The van der Waals surface area contributed by atoms with E-state index in [4.69, 9.17) is 4.74 Å². The van der Waals surface area contributed by atoms with E-state index in [1.807, 2.05) is 0 Å². The Morgan fingerprint density at radius 3 is 2.04 bits per heavy atom. The molecule has 2 N–H and O–H groups in total. The number of hydrogen-bond donors (Lipinski definition) is 2. The van der Waals surface area contributed by atoms with Crippen molar-refractivity contribution in [2.75, 3.05) is 6.54 Å². The quantitative estimate of drug-likeness (QED) is 0.590. The first-order chi connectivity index (χ1) is 10.4. The predicted molar refractivity (Wildman–Crippen MR) is 81.8 cm³/mol. The highest BCUT2D eigenvalue weighted by molar-refractivity contribution is 6.12. The van der Waals surface area contributed by atoms with Gasteiger partial charge in [0.25, 0.3) is 11.8 Å². The maximum atomic E-state index is 12.1. The third-order valence-electron chi connectivity index (χ3n) is 3.15. The molecular formula is C15H23N3O5. The van der Waals surface area contributed by atoms with E-state index in [0.717, 1.165) is 4.90 Å². The van der Waals surface area contributed by atoms with E-state index >= 15 is 0 Å². The zero-order valence-electron chi connectivity index (χ0n) is 14.1. The highest BCUT2D eigenvalue weighted by Gasteiger charge is 2.32. The van der Waals surface area contributed by atoms with Crippen molar-refractivity contribution >= 4 is 23.8 Å². The number of hydrazine groups is 1. The van der Waals surface area contributed by atoms with E-state index in [9.17, 15) is 19.2 Å². The van der Waals surface area contributed by atoms with Gasteiger partial charge in [0.15, 0.2) is 0 Å². The maximum absolute atomic E-state index is 12.1. The number of hydrogen-bond acceptors (Lipinski definition) is 5. The van der Waals surface area contributed by atoms with Crippen LogP contribution in [-0.4, -0.2) is 40.9 Å². The Balaban J connectivity index is 2.46. The summed E-state index contributed by atoms with van der Waals surface area (Å²) in [5, 5.41) is 0. The van der Waals surface area contributed by atoms with Gasteiger partial charge < -0.3 is 4.74 Å². The van der Waals surface area contributed by atoms with Gasteiger partial charge in [-0.3, -0.25) is 24.7 Å². The SMILES string of the molecule is CC(C)(C)OC(=O)NNC(=O)C(C)(C)CCN1C(=O)C=CC1=O. The molecule has 1 aliphatic heterocycles. The predicted octanol–water partition coefficient (Wildman–Crippen LogP) is 0.884. The molecule has 1 aliphatic rings. The Morgan fingerprint density at radius 2 is 1.57 bits per heavy atom. The zero-order chi connectivity index (χ0) is 17.8. The third-order valence-corrected chi connectivity index (χ3v) is 3.15. The Kier molecular flexibility index (Phi) is 5.52. The molecule has 1 rings (SSSR count). The van der Waals surface area contributed by atoms with Crippen LogP contribution < -0.4 is 10.9 Å². The van der Waals surface area contributed by atoms with E-state index in [-0.39, 0.29) is 13.0 Å². The van der Waals surface area contributed by atoms with E-state index in [0.29, 0.717) is 0 Å². The fourth-order valence-corrected chi connectivity index (χ4v) is 1.74. The molecule has 0 unspecified atom stereocenters. The van der Waals surface area contributed by atoms with E-state index < -0.39 is 34.8 Å². The molecule has 0 spiro atoms. The second-order valence-corrected chi connectivity index (χ2v) is 6.88. The summed E-state index contributed by atoms with van der Waals surface area (Å²) >= 11 is 0. The summed E-state index contributed by atoms with van der Waals surface area (Å²) in [6.45, 7) is 8.54. The van der Waals surface area contributed by atoms with Gasteiger partial charge in [0.1, 0.15) is 5.60 Å². The summed E-state index contributed by atoms with van der Waals surface area (Å²) in [4.78, 5) is 47.6. The lowest BCUT2D eigenvalue weighted by Crippen LogP contribution is -2.49. The van der Waals surface area contributed by atoms with Gasteiger partial charge in [-0.15, -0.1) is 0 Å². The van der Waals surface area contributed by atoms with Crippen LogP contribution in [-0.2, 0) is 19.1 Å². The molecule has 0 radical (unpaired) electrons. The highest BCUT2D eigenvalue weighted by atomic mass is 16.6. The van der Waals surface area contributed by atoms with Crippen LogP contribution in [0.3, 0.4) is 0 Å². The van der Waals surface area contributed by atoms with Crippen molar-refractivity contribution in [3.63, 3.8) is 0 Å².